The van der Waals surface area contributed by atoms with E-state index in [-0.39, 0.29) is 18.2 Å². The second-order valence-electron chi connectivity index (χ2n) is 3.93. The fraction of sp³-hybridized carbons (Fsp3) is 0.600. The van der Waals surface area contributed by atoms with Crippen molar-refractivity contribution in [2.24, 2.45) is 11.7 Å². The van der Waals surface area contributed by atoms with Gasteiger partial charge < -0.3 is 15.4 Å². The molecule has 3 N–H and O–H groups in total. The molecule has 0 aliphatic carbocycles. The SMILES string of the molecule is CC(CCC(N)=O)C(C)(O)c1ccno1. The molecule has 5 heteroatoms. The summed E-state index contributed by atoms with van der Waals surface area (Å²) in [5.41, 5.74) is 3.93. The van der Waals surface area contributed by atoms with Crippen LogP contribution in [0.2, 0.25) is 0 Å². The second-order valence-corrected chi connectivity index (χ2v) is 3.93. The third kappa shape index (κ3) is 2.79. The number of hydrogen-bond acceptors (Lipinski definition) is 4. The lowest BCUT2D eigenvalue weighted by Crippen LogP contribution is -2.30. The molecule has 2 unspecified atom stereocenters. The number of amides is 1. The molecule has 0 radical (unpaired) electrons. The van der Waals surface area contributed by atoms with Gasteiger partial charge in [-0.05, 0) is 19.3 Å². The van der Waals surface area contributed by atoms with Gasteiger partial charge in [-0.1, -0.05) is 12.1 Å². The van der Waals surface area contributed by atoms with E-state index in [2.05, 4.69) is 5.16 Å². The van der Waals surface area contributed by atoms with Crippen molar-refractivity contribution in [1.82, 2.24) is 5.16 Å². The van der Waals surface area contributed by atoms with Crippen LogP contribution in [-0.2, 0) is 10.4 Å². The molecule has 15 heavy (non-hydrogen) atoms. The van der Waals surface area contributed by atoms with Crippen molar-refractivity contribution < 1.29 is 14.4 Å². The number of carbonyl (C=O) groups excluding carboxylic acids is 1. The zero-order chi connectivity index (χ0) is 11.5. The molecule has 0 aliphatic rings. The van der Waals surface area contributed by atoms with Gasteiger partial charge in [-0.2, -0.15) is 0 Å². The van der Waals surface area contributed by atoms with E-state index in [1.807, 2.05) is 6.92 Å². The smallest absolute Gasteiger partial charge is 0.217 e. The van der Waals surface area contributed by atoms with Crippen LogP contribution in [0, 0.1) is 5.92 Å². The van der Waals surface area contributed by atoms with Gasteiger partial charge in [-0.15, -0.1) is 0 Å². The summed E-state index contributed by atoms with van der Waals surface area (Å²) in [7, 11) is 0. The third-order valence-corrected chi connectivity index (χ3v) is 2.72. The highest BCUT2D eigenvalue weighted by molar-refractivity contribution is 5.73. The van der Waals surface area contributed by atoms with Crippen LogP contribution < -0.4 is 5.73 Å². The average Bonchev–Trinajstić information content (AvgIpc) is 2.66. The van der Waals surface area contributed by atoms with Crippen LogP contribution in [0.5, 0.6) is 0 Å². The summed E-state index contributed by atoms with van der Waals surface area (Å²) in [5, 5.41) is 13.7. The first-order valence-electron chi connectivity index (χ1n) is 4.86. The lowest BCUT2D eigenvalue weighted by Gasteiger charge is -2.27. The summed E-state index contributed by atoms with van der Waals surface area (Å²) in [6.45, 7) is 3.48. The molecule has 1 amide bonds. The minimum atomic E-state index is -1.12. The number of nitrogens with zero attached hydrogens (tertiary/aromatic N) is 1. The summed E-state index contributed by atoms with van der Waals surface area (Å²) in [4.78, 5) is 10.6. The zero-order valence-corrected chi connectivity index (χ0v) is 8.93. The maximum atomic E-state index is 10.6. The molecule has 1 heterocycles. The Morgan fingerprint density at radius 3 is 2.93 bits per heavy atom. The van der Waals surface area contributed by atoms with Crippen molar-refractivity contribution in [3.05, 3.63) is 18.0 Å². The van der Waals surface area contributed by atoms with Crippen LogP contribution in [0.4, 0.5) is 0 Å². The number of primary amides is 1. The van der Waals surface area contributed by atoms with Crippen LogP contribution in [0.15, 0.2) is 16.8 Å². The summed E-state index contributed by atoms with van der Waals surface area (Å²) < 4.78 is 4.91. The summed E-state index contributed by atoms with van der Waals surface area (Å²) in [6.07, 6.45) is 2.25. The Hall–Kier alpha value is -1.36. The molecule has 0 aliphatic heterocycles. The van der Waals surface area contributed by atoms with Gasteiger partial charge in [0.2, 0.25) is 5.91 Å². The maximum absolute atomic E-state index is 10.6. The summed E-state index contributed by atoms with van der Waals surface area (Å²) in [6, 6.07) is 1.61. The molecule has 0 spiro atoms. The Kier molecular flexibility index (Phi) is 3.47. The van der Waals surface area contributed by atoms with Crippen molar-refractivity contribution >= 4 is 5.91 Å². The van der Waals surface area contributed by atoms with Crippen molar-refractivity contribution in [2.75, 3.05) is 0 Å². The number of aromatic nitrogens is 1. The van der Waals surface area contributed by atoms with E-state index in [0.29, 0.717) is 12.2 Å². The molecule has 5 nitrogen and oxygen atoms in total. The molecule has 0 saturated carbocycles. The molecule has 84 valence electrons. The Bertz CT molecular complexity index is 319. The molecular weight excluding hydrogens is 196 g/mol. The fourth-order valence-corrected chi connectivity index (χ4v) is 1.36. The van der Waals surface area contributed by atoms with E-state index < -0.39 is 5.60 Å². The monoisotopic (exact) mass is 212 g/mol. The van der Waals surface area contributed by atoms with Crippen molar-refractivity contribution in [3.8, 4) is 0 Å². The van der Waals surface area contributed by atoms with Gasteiger partial charge in [0.15, 0.2) is 5.76 Å². The van der Waals surface area contributed by atoms with E-state index in [0.717, 1.165) is 0 Å². The first-order valence-corrected chi connectivity index (χ1v) is 4.86. The average molecular weight is 212 g/mol. The largest absolute Gasteiger partial charge is 0.382 e. The van der Waals surface area contributed by atoms with E-state index in [4.69, 9.17) is 10.3 Å². The highest BCUT2D eigenvalue weighted by Crippen LogP contribution is 2.31. The van der Waals surface area contributed by atoms with Gasteiger partial charge in [0.1, 0.15) is 5.60 Å². The first kappa shape index (κ1) is 11.7. The standard InChI is InChI=1S/C10H16N2O3/c1-7(3-4-9(11)13)10(2,14)8-5-6-12-15-8/h5-7,14H,3-4H2,1-2H3,(H2,11,13). The normalized spacial score (nSPS) is 17.0. The van der Waals surface area contributed by atoms with Gasteiger partial charge >= 0.3 is 0 Å². The third-order valence-electron chi connectivity index (χ3n) is 2.72. The predicted molar refractivity (Wildman–Crippen MR) is 53.7 cm³/mol. The number of carbonyl (C=O) groups is 1. The van der Waals surface area contributed by atoms with E-state index in [1.54, 1.807) is 13.0 Å². The maximum Gasteiger partial charge on any atom is 0.217 e. The lowest BCUT2D eigenvalue weighted by atomic mass is 9.85. The van der Waals surface area contributed by atoms with Crippen LogP contribution in [0.3, 0.4) is 0 Å². The molecular formula is C10H16N2O3. The highest BCUT2D eigenvalue weighted by Gasteiger charge is 2.33. The molecule has 1 rings (SSSR count). The Labute approximate surface area is 88.2 Å². The summed E-state index contributed by atoms with van der Waals surface area (Å²) in [5.74, 6) is -0.0901. The first-order chi connectivity index (χ1) is 6.94. The van der Waals surface area contributed by atoms with Crippen molar-refractivity contribution in [3.63, 3.8) is 0 Å². The topological polar surface area (TPSA) is 89.4 Å². The number of nitrogens with two attached hydrogens (primary N) is 1. The van der Waals surface area contributed by atoms with Crippen LogP contribution in [0.1, 0.15) is 32.4 Å². The predicted octanol–water partition coefficient (Wildman–Crippen LogP) is 0.784. The Balaban J connectivity index is 2.65. The Morgan fingerprint density at radius 1 is 1.80 bits per heavy atom. The lowest BCUT2D eigenvalue weighted by molar-refractivity contribution is -0.118. The van der Waals surface area contributed by atoms with E-state index >= 15 is 0 Å². The van der Waals surface area contributed by atoms with E-state index in [9.17, 15) is 9.90 Å². The minimum Gasteiger partial charge on any atom is -0.382 e. The molecule has 0 saturated heterocycles. The number of hydrogen-bond donors (Lipinski definition) is 2. The molecule has 2 atom stereocenters. The van der Waals surface area contributed by atoms with Crippen LogP contribution >= 0.6 is 0 Å². The highest BCUT2D eigenvalue weighted by atomic mass is 16.5. The van der Waals surface area contributed by atoms with Gasteiger partial charge in [0.25, 0.3) is 0 Å². The fourth-order valence-electron chi connectivity index (χ4n) is 1.36. The van der Waals surface area contributed by atoms with Crippen molar-refractivity contribution in [2.45, 2.75) is 32.3 Å². The van der Waals surface area contributed by atoms with Gasteiger partial charge in [0, 0.05) is 12.5 Å². The van der Waals surface area contributed by atoms with E-state index in [1.165, 1.54) is 6.20 Å². The van der Waals surface area contributed by atoms with Crippen LogP contribution in [-0.4, -0.2) is 16.2 Å². The van der Waals surface area contributed by atoms with Crippen molar-refractivity contribution in [1.29, 1.82) is 0 Å². The van der Waals surface area contributed by atoms with Gasteiger partial charge in [0.05, 0.1) is 6.20 Å². The molecule has 1 aromatic heterocycles. The molecule has 1 aromatic rings. The molecule has 0 aromatic carbocycles. The number of aliphatic hydroxyl groups is 1. The number of rotatable bonds is 5. The molecule has 0 bridgehead atoms. The quantitative estimate of drug-likeness (QED) is 0.754. The van der Waals surface area contributed by atoms with Gasteiger partial charge in [-0.25, -0.2) is 0 Å². The second kappa shape index (κ2) is 4.44. The Morgan fingerprint density at radius 2 is 2.47 bits per heavy atom. The minimum absolute atomic E-state index is 0.127. The zero-order valence-electron chi connectivity index (χ0n) is 8.93. The molecule has 0 fully saturated rings. The van der Waals surface area contributed by atoms with Crippen LogP contribution in [0.25, 0.3) is 0 Å². The van der Waals surface area contributed by atoms with Gasteiger partial charge in [-0.3, -0.25) is 4.79 Å². The summed E-state index contributed by atoms with van der Waals surface area (Å²) >= 11 is 0.